The van der Waals surface area contributed by atoms with Crippen molar-refractivity contribution in [2.45, 2.75) is 9.79 Å². The lowest BCUT2D eigenvalue weighted by Gasteiger charge is -2.03. The van der Waals surface area contributed by atoms with Crippen molar-refractivity contribution in [1.82, 2.24) is 0 Å². The molecule has 0 saturated heterocycles. The van der Waals surface area contributed by atoms with Crippen molar-refractivity contribution in [3.63, 3.8) is 0 Å². The molecule has 0 atom stereocenters. The van der Waals surface area contributed by atoms with Crippen molar-refractivity contribution in [1.29, 1.82) is 0 Å². The van der Waals surface area contributed by atoms with Crippen molar-refractivity contribution in [2.75, 3.05) is 12.5 Å². The Balaban J connectivity index is 0.000000280. The molecule has 0 heterocycles. The van der Waals surface area contributed by atoms with Gasteiger partial charge in [0.1, 0.15) is 0 Å². The quantitative estimate of drug-likeness (QED) is 0.550. The summed E-state index contributed by atoms with van der Waals surface area (Å²) in [5, 5.41) is 7.96. The zero-order chi connectivity index (χ0) is 21.9. The Hall–Kier alpha value is -1.27. The fourth-order valence-corrected chi connectivity index (χ4v) is 4.99. The van der Waals surface area contributed by atoms with Gasteiger partial charge < -0.3 is 5.11 Å². The Labute approximate surface area is 183 Å². The van der Waals surface area contributed by atoms with Gasteiger partial charge in [-0.3, -0.25) is 4.79 Å². The molecular formula is C16H13Br2ClO7S2. The summed E-state index contributed by atoms with van der Waals surface area (Å²) in [7, 11) is -6.95. The fourth-order valence-electron chi connectivity index (χ4n) is 1.94. The molecule has 1 N–H and O–H groups in total. The summed E-state index contributed by atoms with van der Waals surface area (Å²) in [4.78, 5) is 21.4. The molecule has 0 aliphatic rings. The predicted molar refractivity (Wildman–Crippen MR) is 112 cm³/mol. The first-order chi connectivity index (χ1) is 12.6. The number of benzene rings is 2. The van der Waals surface area contributed by atoms with E-state index in [2.05, 4.69) is 31.9 Å². The van der Waals surface area contributed by atoms with E-state index in [0.717, 1.165) is 12.5 Å². The Morgan fingerprint density at radius 2 is 1.18 bits per heavy atom. The third-order valence-electron chi connectivity index (χ3n) is 3.13. The Morgan fingerprint density at radius 3 is 1.50 bits per heavy atom. The van der Waals surface area contributed by atoms with E-state index in [1.807, 2.05) is 0 Å². The van der Waals surface area contributed by atoms with Gasteiger partial charge in [0.2, 0.25) is 0 Å². The number of carbonyl (C=O) groups is 2. The molecule has 0 radical (unpaired) electrons. The molecule has 2 aromatic carbocycles. The Kier molecular flexibility index (Phi) is 8.39. The number of aromatic carboxylic acids is 1. The molecule has 0 aromatic heterocycles. The van der Waals surface area contributed by atoms with E-state index in [0.29, 0.717) is 8.95 Å². The standard InChI is InChI=1S/C8H6BrClO3S.C8H7BrO4S/c2*1-14(12,13)7-4-5(9)2-3-6(7)8(10)11/h2-4H,1H3;2-4H,1H3,(H,10,11). The number of rotatable bonds is 4. The molecule has 0 saturated carbocycles. The second-order valence-corrected chi connectivity index (χ2v) is 11.5. The summed E-state index contributed by atoms with van der Waals surface area (Å²) >= 11 is 11.4. The molecule has 0 fully saturated rings. The molecule has 12 heteroatoms. The lowest BCUT2D eigenvalue weighted by molar-refractivity contribution is 0.0692. The molecular weight excluding hydrogens is 564 g/mol. The van der Waals surface area contributed by atoms with Gasteiger partial charge in [-0.1, -0.05) is 31.9 Å². The lowest BCUT2D eigenvalue weighted by atomic mass is 10.2. The van der Waals surface area contributed by atoms with Crippen LogP contribution < -0.4 is 0 Å². The fraction of sp³-hybridized carbons (Fsp3) is 0.125. The van der Waals surface area contributed by atoms with Crippen LogP contribution in [0.4, 0.5) is 0 Å². The van der Waals surface area contributed by atoms with Crippen molar-refractivity contribution >= 4 is 74.3 Å². The second-order valence-electron chi connectivity index (χ2n) is 5.40. The van der Waals surface area contributed by atoms with Crippen LogP contribution in [-0.2, 0) is 19.7 Å². The summed E-state index contributed by atoms with van der Waals surface area (Å²) in [6.07, 6.45) is 2.00. The Morgan fingerprint density at radius 1 is 0.821 bits per heavy atom. The molecule has 2 aromatic rings. The van der Waals surface area contributed by atoms with Crippen LogP contribution in [-0.4, -0.2) is 45.7 Å². The molecule has 2 rings (SSSR count). The minimum absolute atomic E-state index is 0.00244. The summed E-state index contributed by atoms with van der Waals surface area (Å²) in [5.41, 5.74) is -0.215. The first-order valence-electron chi connectivity index (χ1n) is 7.07. The predicted octanol–water partition coefficient (Wildman–Crippen LogP) is 3.78. The van der Waals surface area contributed by atoms with Crippen molar-refractivity contribution in [3.05, 3.63) is 56.5 Å². The minimum atomic E-state index is -3.51. The smallest absolute Gasteiger partial charge is 0.337 e. The molecule has 7 nitrogen and oxygen atoms in total. The zero-order valence-corrected chi connectivity index (χ0v) is 19.9. The van der Waals surface area contributed by atoms with Gasteiger partial charge >= 0.3 is 5.97 Å². The average molecular weight is 577 g/mol. The number of halogens is 3. The summed E-state index contributed by atoms with van der Waals surface area (Å²) in [6.45, 7) is 0. The molecule has 0 aliphatic carbocycles. The van der Waals surface area contributed by atoms with Gasteiger partial charge in [-0.25, -0.2) is 21.6 Å². The molecule has 0 bridgehead atoms. The van der Waals surface area contributed by atoms with Gasteiger partial charge in [-0.05, 0) is 48.0 Å². The number of hydrogen-bond donors (Lipinski definition) is 1. The van der Waals surface area contributed by atoms with Gasteiger partial charge in [0.15, 0.2) is 19.7 Å². The zero-order valence-electron chi connectivity index (χ0n) is 14.3. The van der Waals surface area contributed by atoms with Gasteiger partial charge in [-0.2, -0.15) is 0 Å². The van der Waals surface area contributed by atoms with Crippen LogP contribution in [0.2, 0.25) is 0 Å². The maximum Gasteiger partial charge on any atom is 0.337 e. The number of carbonyl (C=O) groups excluding carboxylic acids is 1. The van der Waals surface area contributed by atoms with Crippen LogP contribution in [0.1, 0.15) is 20.7 Å². The molecule has 0 spiro atoms. The minimum Gasteiger partial charge on any atom is -0.478 e. The number of carboxylic acids is 1. The van der Waals surface area contributed by atoms with E-state index < -0.39 is 30.9 Å². The van der Waals surface area contributed by atoms with E-state index in [1.165, 1.54) is 30.3 Å². The highest BCUT2D eigenvalue weighted by molar-refractivity contribution is 9.10. The maximum atomic E-state index is 11.3. The van der Waals surface area contributed by atoms with Gasteiger partial charge in [0, 0.05) is 21.5 Å². The normalized spacial score (nSPS) is 11.3. The van der Waals surface area contributed by atoms with Crippen LogP contribution in [0.15, 0.2) is 55.1 Å². The van der Waals surface area contributed by atoms with Crippen molar-refractivity contribution < 1.29 is 31.5 Å². The van der Waals surface area contributed by atoms with E-state index >= 15 is 0 Å². The Bertz CT molecular complexity index is 1050. The van der Waals surface area contributed by atoms with E-state index in [1.54, 1.807) is 6.07 Å². The van der Waals surface area contributed by atoms with Gasteiger partial charge in [0.25, 0.3) is 5.24 Å². The third kappa shape index (κ3) is 6.96. The first kappa shape index (κ1) is 24.8. The number of hydrogen-bond acceptors (Lipinski definition) is 6. The summed E-state index contributed by atoms with van der Waals surface area (Å²) < 4.78 is 46.1. The lowest BCUT2D eigenvalue weighted by Crippen LogP contribution is -2.07. The average Bonchev–Trinajstić information content (AvgIpc) is 2.53. The molecule has 28 heavy (non-hydrogen) atoms. The van der Waals surface area contributed by atoms with E-state index in [4.69, 9.17) is 16.7 Å². The largest absolute Gasteiger partial charge is 0.478 e. The van der Waals surface area contributed by atoms with E-state index in [-0.39, 0.29) is 20.9 Å². The van der Waals surface area contributed by atoms with E-state index in [9.17, 15) is 26.4 Å². The van der Waals surface area contributed by atoms with Crippen molar-refractivity contribution in [2.24, 2.45) is 0 Å². The first-order valence-corrected chi connectivity index (χ1v) is 12.8. The van der Waals surface area contributed by atoms with Crippen molar-refractivity contribution in [3.8, 4) is 0 Å². The second kappa shape index (κ2) is 9.49. The highest BCUT2D eigenvalue weighted by atomic mass is 79.9. The molecule has 152 valence electrons. The molecule has 0 aliphatic heterocycles. The highest BCUT2D eigenvalue weighted by Gasteiger charge is 2.18. The summed E-state index contributed by atoms with van der Waals surface area (Å²) in [5.74, 6) is -1.25. The van der Waals surface area contributed by atoms with Crippen LogP contribution in [0.25, 0.3) is 0 Å². The van der Waals surface area contributed by atoms with Crippen LogP contribution in [0.5, 0.6) is 0 Å². The summed E-state index contributed by atoms with van der Waals surface area (Å²) in [6, 6.07) is 8.30. The van der Waals surface area contributed by atoms with Crippen LogP contribution in [0, 0.1) is 0 Å². The maximum absolute atomic E-state index is 11.3. The van der Waals surface area contributed by atoms with Crippen LogP contribution in [0.3, 0.4) is 0 Å². The molecule has 0 amide bonds. The van der Waals surface area contributed by atoms with Crippen LogP contribution >= 0.6 is 43.5 Å². The van der Waals surface area contributed by atoms with Gasteiger partial charge in [-0.15, -0.1) is 0 Å². The number of sulfone groups is 2. The van der Waals surface area contributed by atoms with Gasteiger partial charge in [0.05, 0.1) is 20.9 Å². The topological polar surface area (TPSA) is 123 Å². The number of carboxylic acid groups (broad SMARTS) is 1. The SMILES string of the molecule is CS(=O)(=O)c1cc(Br)ccc1C(=O)Cl.CS(=O)(=O)c1cc(Br)ccc1C(=O)O. The molecule has 0 unspecified atom stereocenters. The third-order valence-corrected chi connectivity index (χ3v) is 6.59. The monoisotopic (exact) mass is 574 g/mol. The highest BCUT2D eigenvalue weighted by Crippen LogP contribution is 2.23.